The lowest BCUT2D eigenvalue weighted by Crippen LogP contribution is -2.56. The average molecular weight is 369 g/mol. The van der Waals surface area contributed by atoms with E-state index in [9.17, 15) is 9.59 Å². The molecular formula is C23H32N2O2. The van der Waals surface area contributed by atoms with Crippen LogP contribution in [0.25, 0.3) is 0 Å². The molecule has 0 N–H and O–H groups in total. The molecule has 1 aromatic carbocycles. The van der Waals surface area contributed by atoms with Gasteiger partial charge in [0, 0.05) is 31.1 Å². The minimum atomic E-state index is -0.320. The monoisotopic (exact) mass is 368 g/mol. The van der Waals surface area contributed by atoms with Crippen molar-refractivity contribution in [1.82, 2.24) is 9.80 Å². The van der Waals surface area contributed by atoms with Gasteiger partial charge in [-0.3, -0.25) is 9.59 Å². The van der Waals surface area contributed by atoms with Crippen molar-refractivity contribution in [3.8, 4) is 0 Å². The summed E-state index contributed by atoms with van der Waals surface area (Å²) in [6, 6.07) is 10.7. The lowest BCUT2D eigenvalue weighted by atomic mass is 9.67. The van der Waals surface area contributed by atoms with Crippen LogP contribution in [0.4, 0.5) is 0 Å². The van der Waals surface area contributed by atoms with E-state index in [2.05, 4.69) is 17.0 Å². The quantitative estimate of drug-likeness (QED) is 0.796. The maximum Gasteiger partial charge on any atom is 0.230 e. The Morgan fingerprint density at radius 1 is 1.07 bits per heavy atom. The predicted octanol–water partition coefficient (Wildman–Crippen LogP) is 3.82. The first-order valence-electron chi connectivity index (χ1n) is 10.4. The van der Waals surface area contributed by atoms with Gasteiger partial charge in [-0.15, -0.1) is 0 Å². The molecular weight excluding hydrogens is 336 g/mol. The molecule has 3 fully saturated rings. The van der Waals surface area contributed by atoms with E-state index in [0.717, 1.165) is 57.3 Å². The van der Waals surface area contributed by atoms with Crippen LogP contribution in [0.1, 0.15) is 64.4 Å². The van der Waals surface area contributed by atoms with Crippen molar-refractivity contribution in [2.24, 2.45) is 10.8 Å². The molecule has 0 radical (unpaired) electrons. The number of carbonyl (C=O) groups excluding carboxylic acids is 2. The Hall–Kier alpha value is -1.84. The topological polar surface area (TPSA) is 40.6 Å². The summed E-state index contributed by atoms with van der Waals surface area (Å²) in [6.07, 6.45) is 5.25. The van der Waals surface area contributed by atoms with E-state index in [0.29, 0.717) is 11.9 Å². The van der Waals surface area contributed by atoms with Crippen LogP contribution in [0.5, 0.6) is 0 Å². The highest BCUT2D eigenvalue weighted by Crippen LogP contribution is 2.48. The molecule has 0 unspecified atom stereocenters. The van der Waals surface area contributed by atoms with E-state index in [1.165, 1.54) is 0 Å². The highest BCUT2D eigenvalue weighted by Gasteiger charge is 2.50. The van der Waals surface area contributed by atoms with Crippen molar-refractivity contribution in [1.29, 1.82) is 0 Å². The van der Waals surface area contributed by atoms with Gasteiger partial charge in [0.05, 0.1) is 5.92 Å². The summed E-state index contributed by atoms with van der Waals surface area (Å²) in [6.45, 7) is 8.53. The molecule has 0 bridgehead atoms. The van der Waals surface area contributed by atoms with Gasteiger partial charge in [-0.2, -0.15) is 0 Å². The molecule has 4 rings (SSSR count). The minimum absolute atomic E-state index is 0.0228. The molecule has 2 aliphatic heterocycles. The fraction of sp³-hybridized carbons (Fsp3) is 0.652. The number of amides is 2. The standard InChI is InChI=1S/C23H32N2O2/c1-22(2,3)21(27)24-13-11-23(12-14-24)15-19(17-7-5-4-6-8-17)20(26)25(16-23)18-9-10-18/h4-8,18-19H,9-16H2,1-3H3/t19-/m1/s1. The van der Waals surface area contributed by atoms with Crippen LogP contribution in [-0.2, 0) is 9.59 Å². The van der Waals surface area contributed by atoms with Gasteiger partial charge in [-0.1, -0.05) is 51.1 Å². The summed E-state index contributed by atoms with van der Waals surface area (Å²) in [4.78, 5) is 30.1. The average Bonchev–Trinajstić information content (AvgIpc) is 3.49. The van der Waals surface area contributed by atoms with Crippen LogP contribution in [-0.4, -0.2) is 47.3 Å². The smallest absolute Gasteiger partial charge is 0.230 e. The van der Waals surface area contributed by atoms with E-state index in [1.54, 1.807) is 0 Å². The van der Waals surface area contributed by atoms with Crippen molar-refractivity contribution >= 4 is 11.8 Å². The molecule has 2 saturated heterocycles. The van der Waals surface area contributed by atoms with E-state index in [4.69, 9.17) is 0 Å². The summed E-state index contributed by atoms with van der Waals surface area (Å²) in [7, 11) is 0. The van der Waals surface area contributed by atoms with Gasteiger partial charge in [0.25, 0.3) is 0 Å². The highest BCUT2D eigenvalue weighted by molar-refractivity contribution is 5.85. The van der Waals surface area contributed by atoms with Gasteiger partial charge >= 0.3 is 0 Å². The molecule has 0 aromatic heterocycles. The second-order valence-electron chi connectivity index (χ2n) is 9.91. The van der Waals surface area contributed by atoms with E-state index < -0.39 is 0 Å². The van der Waals surface area contributed by atoms with Gasteiger partial charge in [0.15, 0.2) is 0 Å². The van der Waals surface area contributed by atoms with Gasteiger partial charge in [-0.25, -0.2) is 0 Å². The summed E-state index contributed by atoms with van der Waals surface area (Å²) in [5, 5.41) is 0. The maximum absolute atomic E-state index is 13.2. The largest absolute Gasteiger partial charge is 0.342 e. The Morgan fingerprint density at radius 2 is 1.70 bits per heavy atom. The third kappa shape index (κ3) is 3.63. The molecule has 1 spiro atoms. The SMILES string of the molecule is CC(C)(C)C(=O)N1CCC2(CC1)C[C@H](c1ccccc1)C(=O)N(C1CC1)C2. The molecule has 1 saturated carbocycles. The van der Waals surface area contributed by atoms with Crippen LogP contribution in [0, 0.1) is 10.8 Å². The first-order valence-corrected chi connectivity index (χ1v) is 10.4. The zero-order valence-corrected chi connectivity index (χ0v) is 16.9. The first-order chi connectivity index (χ1) is 12.8. The molecule has 4 nitrogen and oxygen atoms in total. The van der Waals surface area contributed by atoms with Crippen molar-refractivity contribution in [2.75, 3.05) is 19.6 Å². The van der Waals surface area contributed by atoms with Crippen LogP contribution < -0.4 is 0 Å². The van der Waals surface area contributed by atoms with Crippen molar-refractivity contribution in [2.45, 2.75) is 64.8 Å². The third-order valence-corrected chi connectivity index (χ3v) is 6.67. The third-order valence-electron chi connectivity index (χ3n) is 6.67. The van der Waals surface area contributed by atoms with Crippen molar-refractivity contribution in [3.05, 3.63) is 35.9 Å². The number of hydrogen-bond acceptors (Lipinski definition) is 2. The van der Waals surface area contributed by atoms with Crippen LogP contribution >= 0.6 is 0 Å². The van der Waals surface area contributed by atoms with Gasteiger partial charge < -0.3 is 9.80 Å². The van der Waals surface area contributed by atoms with E-state index in [1.807, 2.05) is 43.9 Å². The van der Waals surface area contributed by atoms with Crippen LogP contribution in [0.2, 0.25) is 0 Å². The fourth-order valence-corrected chi connectivity index (χ4v) is 4.89. The molecule has 4 heteroatoms. The van der Waals surface area contributed by atoms with Gasteiger partial charge in [0.1, 0.15) is 0 Å². The second kappa shape index (κ2) is 6.65. The zero-order chi connectivity index (χ0) is 19.2. The molecule has 27 heavy (non-hydrogen) atoms. The fourth-order valence-electron chi connectivity index (χ4n) is 4.89. The highest BCUT2D eigenvalue weighted by atomic mass is 16.2. The van der Waals surface area contributed by atoms with Gasteiger partial charge in [0.2, 0.25) is 11.8 Å². The second-order valence-corrected chi connectivity index (χ2v) is 9.91. The lowest BCUT2D eigenvalue weighted by molar-refractivity contribution is -0.148. The molecule has 2 amide bonds. The van der Waals surface area contributed by atoms with Crippen molar-refractivity contribution < 1.29 is 9.59 Å². The number of carbonyl (C=O) groups is 2. The Bertz CT molecular complexity index is 710. The van der Waals surface area contributed by atoms with E-state index in [-0.39, 0.29) is 22.7 Å². The Balaban J connectivity index is 1.54. The van der Waals surface area contributed by atoms with Gasteiger partial charge in [-0.05, 0) is 43.1 Å². The minimum Gasteiger partial charge on any atom is -0.342 e. The van der Waals surface area contributed by atoms with Crippen LogP contribution in [0.15, 0.2) is 30.3 Å². The number of nitrogens with zero attached hydrogens (tertiary/aromatic N) is 2. The Morgan fingerprint density at radius 3 is 2.26 bits per heavy atom. The molecule has 3 aliphatic rings. The molecule has 1 aliphatic carbocycles. The molecule has 146 valence electrons. The Kier molecular flexibility index (Phi) is 4.56. The molecule has 1 atom stereocenters. The Labute approximate surface area is 162 Å². The van der Waals surface area contributed by atoms with E-state index >= 15 is 0 Å². The van der Waals surface area contributed by atoms with Crippen molar-refractivity contribution in [3.63, 3.8) is 0 Å². The molecule has 1 aromatic rings. The summed E-state index contributed by atoms with van der Waals surface area (Å²) in [5.74, 6) is 0.552. The van der Waals surface area contributed by atoms with Crippen LogP contribution in [0.3, 0.4) is 0 Å². The lowest BCUT2D eigenvalue weighted by Gasteiger charge is -2.50. The summed E-state index contributed by atoms with van der Waals surface area (Å²) in [5.41, 5.74) is 0.992. The number of piperidine rings is 2. The number of benzene rings is 1. The molecule has 2 heterocycles. The number of likely N-dealkylation sites (tertiary alicyclic amines) is 2. The normalized spacial score (nSPS) is 25.7. The number of rotatable bonds is 2. The predicted molar refractivity (Wildman–Crippen MR) is 106 cm³/mol. The summed E-state index contributed by atoms with van der Waals surface area (Å²) < 4.78 is 0. The summed E-state index contributed by atoms with van der Waals surface area (Å²) >= 11 is 0. The number of hydrogen-bond donors (Lipinski definition) is 0. The zero-order valence-electron chi connectivity index (χ0n) is 16.9. The maximum atomic E-state index is 13.2. The first kappa shape index (κ1) is 18.5.